The molecule has 2 aliphatic rings. The van der Waals surface area contributed by atoms with Crippen LogP contribution in [0.1, 0.15) is 61.2 Å². The molecule has 170 valence electrons. The highest BCUT2D eigenvalue weighted by atomic mass is 32.2. The van der Waals surface area contributed by atoms with Gasteiger partial charge in [-0.05, 0) is 51.1 Å². The Morgan fingerprint density at radius 3 is 2.71 bits per heavy atom. The van der Waals surface area contributed by atoms with Gasteiger partial charge in [-0.2, -0.15) is 0 Å². The summed E-state index contributed by atoms with van der Waals surface area (Å²) in [5, 5.41) is 0.798. The first kappa shape index (κ1) is 22.8. The first-order valence-electron chi connectivity index (χ1n) is 11.6. The van der Waals surface area contributed by atoms with Gasteiger partial charge in [-0.3, -0.25) is 9.59 Å². The highest BCUT2D eigenvalue weighted by Crippen LogP contribution is 2.33. The summed E-state index contributed by atoms with van der Waals surface area (Å²) < 4.78 is 0. The van der Waals surface area contributed by atoms with Crippen LogP contribution in [-0.4, -0.2) is 64.7 Å². The average molecular weight is 463 g/mol. The lowest BCUT2D eigenvalue weighted by molar-refractivity contribution is -0.127. The molecule has 8 heteroatoms. The van der Waals surface area contributed by atoms with Gasteiger partial charge in [0, 0.05) is 31.1 Å². The molecule has 0 atom stereocenters. The number of carbonyl (C=O) groups is 1. The highest BCUT2D eigenvalue weighted by molar-refractivity contribution is 7.99. The first-order valence-corrected chi connectivity index (χ1v) is 13.6. The average Bonchev–Trinajstić information content (AvgIpc) is 3.16. The van der Waals surface area contributed by atoms with E-state index in [1.807, 2.05) is 11.9 Å². The van der Waals surface area contributed by atoms with Crippen LogP contribution in [0.3, 0.4) is 0 Å². The number of H-pyrrole nitrogens is 1. The van der Waals surface area contributed by atoms with Crippen molar-refractivity contribution in [2.45, 2.75) is 69.6 Å². The number of aromatic nitrogens is 2. The molecule has 4 rings (SSSR count). The smallest absolute Gasteiger partial charge is 0.259 e. The van der Waals surface area contributed by atoms with Crippen molar-refractivity contribution in [2.24, 2.45) is 0 Å². The molecule has 0 saturated heterocycles. The Morgan fingerprint density at radius 1 is 1.13 bits per heavy atom. The number of thiophene rings is 1. The molecule has 1 N–H and O–H groups in total. The van der Waals surface area contributed by atoms with E-state index < -0.39 is 0 Å². The van der Waals surface area contributed by atoms with Crippen LogP contribution < -0.4 is 5.56 Å². The fraction of sp³-hybridized carbons (Fsp3) is 0.696. The summed E-state index contributed by atoms with van der Waals surface area (Å²) in [5.41, 5.74) is 1.20. The van der Waals surface area contributed by atoms with E-state index in [9.17, 15) is 9.59 Å². The summed E-state index contributed by atoms with van der Waals surface area (Å²) in [7, 11) is 4.07. The number of nitrogens with one attached hydrogen (secondary N) is 1. The minimum absolute atomic E-state index is 0.0193. The Kier molecular flexibility index (Phi) is 7.72. The van der Waals surface area contributed by atoms with Gasteiger partial charge in [-0.1, -0.05) is 19.3 Å². The fourth-order valence-electron chi connectivity index (χ4n) is 4.76. The topological polar surface area (TPSA) is 69.3 Å². The molecule has 0 spiro atoms. The maximum Gasteiger partial charge on any atom is 0.259 e. The molecular formula is C23H34N4O2S2. The molecule has 2 heterocycles. The van der Waals surface area contributed by atoms with Crippen molar-refractivity contribution in [2.75, 3.05) is 32.9 Å². The second-order valence-electron chi connectivity index (χ2n) is 8.98. The molecule has 0 aromatic carbocycles. The molecule has 0 bridgehead atoms. The Bertz CT molecular complexity index is 964. The number of carbonyl (C=O) groups excluding carboxylic acids is 1. The summed E-state index contributed by atoms with van der Waals surface area (Å²) in [5.74, 6) is 1.77. The van der Waals surface area contributed by atoms with Gasteiger partial charge in [0.1, 0.15) is 10.7 Å². The molecule has 0 unspecified atom stereocenters. The minimum atomic E-state index is -0.0193. The van der Waals surface area contributed by atoms with Crippen molar-refractivity contribution in [1.82, 2.24) is 19.8 Å². The number of amides is 1. The maximum absolute atomic E-state index is 12.6. The SMILES string of the molecule is CN(CCN(C)C1CCCCC1)C(=O)CSCc1nc2sc3c(c2c(=O)[nH]1)CCCC3. The van der Waals surface area contributed by atoms with Crippen molar-refractivity contribution in [1.29, 1.82) is 0 Å². The molecule has 2 aromatic heterocycles. The van der Waals surface area contributed by atoms with Crippen molar-refractivity contribution in [3.05, 3.63) is 26.6 Å². The number of fused-ring (bicyclic) bond motifs is 3. The Balaban J connectivity index is 1.26. The van der Waals surface area contributed by atoms with Crippen LogP contribution in [0.5, 0.6) is 0 Å². The van der Waals surface area contributed by atoms with Gasteiger partial charge >= 0.3 is 0 Å². The molecule has 31 heavy (non-hydrogen) atoms. The van der Waals surface area contributed by atoms with E-state index in [0.717, 1.165) is 42.6 Å². The van der Waals surface area contributed by atoms with E-state index in [2.05, 4.69) is 16.9 Å². The van der Waals surface area contributed by atoms with E-state index in [-0.39, 0.29) is 11.5 Å². The first-order chi connectivity index (χ1) is 15.0. The summed E-state index contributed by atoms with van der Waals surface area (Å²) in [6.45, 7) is 1.68. The summed E-state index contributed by atoms with van der Waals surface area (Å²) in [4.78, 5) is 39.3. The lowest BCUT2D eigenvalue weighted by Crippen LogP contribution is -2.40. The van der Waals surface area contributed by atoms with Crippen LogP contribution in [0, 0.1) is 0 Å². The molecule has 1 amide bonds. The molecule has 0 radical (unpaired) electrons. The van der Waals surface area contributed by atoms with E-state index in [1.54, 1.807) is 11.3 Å². The molecule has 6 nitrogen and oxygen atoms in total. The number of hydrogen-bond donors (Lipinski definition) is 1. The Hall–Kier alpha value is -1.38. The van der Waals surface area contributed by atoms with Crippen LogP contribution in [0.2, 0.25) is 0 Å². The molecular weight excluding hydrogens is 428 g/mol. The van der Waals surface area contributed by atoms with Crippen LogP contribution >= 0.6 is 23.1 Å². The van der Waals surface area contributed by atoms with Gasteiger partial charge in [-0.25, -0.2) is 4.98 Å². The number of likely N-dealkylation sites (N-methyl/N-ethyl adjacent to an activating group) is 2. The van der Waals surface area contributed by atoms with Crippen LogP contribution in [0.25, 0.3) is 10.2 Å². The summed E-state index contributed by atoms with van der Waals surface area (Å²) >= 11 is 3.20. The Labute approximate surface area is 192 Å². The Morgan fingerprint density at radius 2 is 1.90 bits per heavy atom. The van der Waals surface area contributed by atoms with Crippen molar-refractivity contribution in [3.8, 4) is 0 Å². The molecule has 0 aliphatic heterocycles. The molecule has 2 aromatic rings. The summed E-state index contributed by atoms with van der Waals surface area (Å²) in [6.07, 6.45) is 11.0. The van der Waals surface area contributed by atoms with Gasteiger partial charge in [0.15, 0.2) is 0 Å². The second-order valence-corrected chi connectivity index (χ2v) is 11.1. The molecule has 1 saturated carbocycles. The number of rotatable bonds is 8. The van der Waals surface area contributed by atoms with Crippen molar-refractivity contribution in [3.63, 3.8) is 0 Å². The number of aryl methyl sites for hydroxylation is 2. The van der Waals surface area contributed by atoms with Crippen LogP contribution in [0.15, 0.2) is 4.79 Å². The summed E-state index contributed by atoms with van der Waals surface area (Å²) in [6, 6.07) is 0.673. The third-order valence-corrected chi connectivity index (χ3v) is 8.86. The third-order valence-electron chi connectivity index (χ3n) is 6.75. The standard InChI is InChI=1S/C23H34N4O2S2/c1-26(16-8-4-3-5-9-16)12-13-27(2)20(28)15-30-14-19-24-22(29)21-17-10-6-7-11-18(17)31-23(21)25-19/h16H,3-15H2,1-2H3,(H,24,25,29). The van der Waals surface area contributed by atoms with Crippen molar-refractivity contribution < 1.29 is 4.79 Å². The normalized spacial score (nSPS) is 17.3. The van der Waals surface area contributed by atoms with Gasteiger partial charge in [0.05, 0.1) is 16.9 Å². The van der Waals surface area contributed by atoms with Gasteiger partial charge in [0.2, 0.25) is 5.91 Å². The van der Waals surface area contributed by atoms with Gasteiger partial charge < -0.3 is 14.8 Å². The zero-order valence-corrected chi connectivity index (χ0v) is 20.4. The predicted molar refractivity (Wildman–Crippen MR) is 130 cm³/mol. The number of thioether (sulfide) groups is 1. The zero-order valence-electron chi connectivity index (χ0n) is 18.7. The zero-order chi connectivity index (χ0) is 21.8. The lowest BCUT2D eigenvalue weighted by atomic mass is 9.94. The molecule has 1 fully saturated rings. The third kappa shape index (κ3) is 5.52. The monoisotopic (exact) mass is 462 g/mol. The molecule has 2 aliphatic carbocycles. The lowest BCUT2D eigenvalue weighted by Gasteiger charge is -2.32. The van der Waals surface area contributed by atoms with Crippen LogP contribution in [-0.2, 0) is 23.4 Å². The second kappa shape index (κ2) is 10.5. The number of aromatic amines is 1. The van der Waals surface area contributed by atoms with E-state index in [0.29, 0.717) is 23.4 Å². The van der Waals surface area contributed by atoms with E-state index >= 15 is 0 Å². The van der Waals surface area contributed by atoms with Crippen LogP contribution in [0.4, 0.5) is 0 Å². The van der Waals surface area contributed by atoms with Gasteiger partial charge in [-0.15, -0.1) is 23.1 Å². The van der Waals surface area contributed by atoms with E-state index in [4.69, 9.17) is 4.98 Å². The predicted octanol–water partition coefficient (Wildman–Crippen LogP) is 3.82. The maximum atomic E-state index is 12.6. The quantitative estimate of drug-likeness (QED) is 0.646. The highest BCUT2D eigenvalue weighted by Gasteiger charge is 2.21. The van der Waals surface area contributed by atoms with Crippen molar-refractivity contribution >= 4 is 39.2 Å². The van der Waals surface area contributed by atoms with Gasteiger partial charge in [0.25, 0.3) is 5.56 Å². The number of nitrogens with zero attached hydrogens (tertiary/aromatic N) is 3. The van der Waals surface area contributed by atoms with E-state index in [1.165, 1.54) is 60.7 Å². The number of hydrogen-bond acceptors (Lipinski definition) is 6. The fourth-order valence-corrected chi connectivity index (χ4v) is 6.87. The largest absolute Gasteiger partial charge is 0.344 e. The minimum Gasteiger partial charge on any atom is -0.344 e.